The molecule has 0 aliphatic carbocycles. The zero-order chi connectivity index (χ0) is 26.2. The maximum absolute atomic E-state index is 12.9. The van der Waals surface area contributed by atoms with Crippen LogP contribution in [0.5, 0.6) is 11.6 Å². The molecule has 0 unspecified atom stereocenters. The van der Waals surface area contributed by atoms with Gasteiger partial charge in [0.1, 0.15) is 24.0 Å². The Balaban J connectivity index is 1.28. The van der Waals surface area contributed by atoms with Crippen LogP contribution in [-0.2, 0) is 10.0 Å². The highest BCUT2D eigenvalue weighted by Gasteiger charge is 2.16. The zero-order valence-electron chi connectivity index (χ0n) is 20.6. The normalized spacial score (nSPS) is 11.5. The topological polar surface area (TPSA) is 125 Å². The summed E-state index contributed by atoms with van der Waals surface area (Å²) in [5.74, 6) is 1.96. The lowest BCUT2D eigenvalue weighted by Crippen LogP contribution is -2.12. The fraction of sp³-hybridized carbons (Fsp3) is 0.154. The Labute approximate surface area is 214 Å². The number of hydrogen-bond donors (Lipinski definition) is 1. The van der Waals surface area contributed by atoms with Gasteiger partial charge in [0.2, 0.25) is 5.88 Å². The summed E-state index contributed by atoms with van der Waals surface area (Å²) in [4.78, 5) is 12.9. The lowest BCUT2D eigenvalue weighted by molar-refractivity contribution is 0.460. The molecule has 0 bridgehead atoms. The van der Waals surface area contributed by atoms with Gasteiger partial charge in [-0.3, -0.25) is 4.72 Å². The Bertz CT molecular complexity index is 1670. The quantitative estimate of drug-likeness (QED) is 0.315. The summed E-state index contributed by atoms with van der Waals surface area (Å²) < 4.78 is 41.1. The first kappa shape index (κ1) is 24.2. The summed E-state index contributed by atoms with van der Waals surface area (Å²) in [7, 11) is -3.79. The number of aromatic nitrogens is 5. The van der Waals surface area contributed by atoms with E-state index in [4.69, 9.17) is 9.15 Å². The zero-order valence-corrected chi connectivity index (χ0v) is 21.4. The second-order valence-electron chi connectivity index (χ2n) is 8.43. The number of hydrogen-bond acceptors (Lipinski definition) is 8. The van der Waals surface area contributed by atoms with Gasteiger partial charge in [-0.15, -0.1) is 0 Å². The molecule has 0 aliphatic heterocycles. The molecule has 0 saturated heterocycles. The molecule has 0 radical (unpaired) electrons. The van der Waals surface area contributed by atoms with E-state index in [9.17, 15) is 8.42 Å². The van der Waals surface area contributed by atoms with Crippen LogP contribution in [0, 0.1) is 27.7 Å². The van der Waals surface area contributed by atoms with Crippen molar-refractivity contribution in [2.45, 2.75) is 32.6 Å². The van der Waals surface area contributed by atoms with E-state index in [-0.39, 0.29) is 4.90 Å². The van der Waals surface area contributed by atoms with Crippen LogP contribution in [0.2, 0.25) is 0 Å². The average molecular weight is 517 g/mol. The lowest BCUT2D eigenvalue weighted by atomic mass is 10.2. The van der Waals surface area contributed by atoms with Crippen LogP contribution in [0.4, 0.5) is 5.69 Å². The van der Waals surface area contributed by atoms with E-state index >= 15 is 0 Å². The summed E-state index contributed by atoms with van der Waals surface area (Å²) in [6, 6.07) is 14.7. The van der Waals surface area contributed by atoms with Crippen LogP contribution in [0.25, 0.3) is 17.1 Å². The molecule has 0 fully saturated rings. The molecule has 188 valence electrons. The van der Waals surface area contributed by atoms with Crippen LogP contribution in [0.3, 0.4) is 0 Å². The number of ether oxygens (including phenoxy) is 1. The Morgan fingerprint density at radius 2 is 1.68 bits per heavy atom. The Kier molecular flexibility index (Phi) is 6.22. The predicted octanol–water partition coefficient (Wildman–Crippen LogP) is 5.14. The van der Waals surface area contributed by atoms with Gasteiger partial charge in [0.05, 0.1) is 10.6 Å². The van der Waals surface area contributed by atoms with Crippen molar-refractivity contribution in [2.75, 3.05) is 4.72 Å². The summed E-state index contributed by atoms with van der Waals surface area (Å²) in [6.07, 6.45) is 2.94. The Morgan fingerprint density at radius 1 is 0.946 bits per heavy atom. The summed E-state index contributed by atoms with van der Waals surface area (Å²) >= 11 is 0. The van der Waals surface area contributed by atoms with E-state index in [2.05, 4.69) is 24.8 Å². The molecule has 11 heteroatoms. The van der Waals surface area contributed by atoms with Crippen molar-refractivity contribution in [3.05, 3.63) is 90.0 Å². The van der Waals surface area contributed by atoms with Gasteiger partial charge >= 0.3 is 0 Å². The number of nitrogens with one attached hydrogen (secondary N) is 1. The van der Waals surface area contributed by atoms with E-state index in [1.807, 2.05) is 20.8 Å². The van der Waals surface area contributed by atoms with Gasteiger partial charge in [0.25, 0.3) is 10.0 Å². The van der Waals surface area contributed by atoms with Gasteiger partial charge in [0.15, 0.2) is 11.7 Å². The molecule has 10 nitrogen and oxygen atoms in total. The smallest absolute Gasteiger partial charge is 0.261 e. The van der Waals surface area contributed by atoms with Crippen LogP contribution in [-0.4, -0.2) is 33.2 Å². The van der Waals surface area contributed by atoms with E-state index in [1.165, 1.54) is 24.7 Å². The summed E-state index contributed by atoms with van der Waals surface area (Å²) in [6.45, 7) is 7.68. The van der Waals surface area contributed by atoms with Crippen LogP contribution < -0.4 is 9.46 Å². The number of nitrogens with zero attached hydrogens (tertiary/aromatic N) is 5. The highest BCUT2D eigenvalue weighted by molar-refractivity contribution is 7.92. The lowest BCUT2D eigenvalue weighted by Gasteiger charge is -2.10. The molecule has 0 aliphatic rings. The average Bonchev–Trinajstić information content (AvgIpc) is 3.44. The van der Waals surface area contributed by atoms with E-state index in [1.54, 1.807) is 54.1 Å². The largest absolute Gasteiger partial charge is 0.449 e. The molecule has 2 aromatic carbocycles. The van der Waals surface area contributed by atoms with Crippen molar-refractivity contribution in [3.63, 3.8) is 0 Å². The SMILES string of the molecule is Cc1nc(-c2ccc(S(=O)(=O)Nc3ccc(Oc4cc(-n5nc(C)c(C)c5C)ncn4)cc3)cc2)co1. The number of rotatable bonds is 7. The molecule has 0 amide bonds. The molecule has 5 aromatic rings. The van der Waals surface area contributed by atoms with Crippen LogP contribution in [0.15, 0.2) is 76.5 Å². The van der Waals surface area contributed by atoms with E-state index in [0.29, 0.717) is 34.7 Å². The molecule has 0 saturated carbocycles. The number of sulfonamides is 1. The molecular formula is C26H24N6O4S. The first-order valence-electron chi connectivity index (χ1n) is 11.4. The number of benzene rings is 2. The molecule has 5 rings (SSSR count). The molecule has 0 spiro atoms. The Hall–Kier alpha value is -4.51. The highest BCUT2D eigenvalue weighted by Crippen LogP contribution is 2.26. The van der Waals surface area contributed by atoms with E-state index in [0.717, 1.165) is 22.5 Å². The third-order valence-electron chi connectivity index (χ3n) is 5.91. The minimum Gasteiger partial charge on any atom is -0.449 e. The first-order chi connectivity index (χ1) is 17.7. The first-order valence-corrected chi connectivity index (χ1v) is 12.9. The van der Waals surface area contributed by atoms with Gasteiger partial charge in [-0.2, -0.15) is 5.10 Å². The van der Waals surface area contributed by atoms with Gasteiger partial charge in [-0.25, -0.2) is 28.1 Å². The maximum atomic E-state index is 12.9. The van der Waals surface area contributed by atoms with Crippen molar-refractivity contribution < 1.29 is 17.6 Å². The molecule has 3 heterocycles. The van der Waals surface area contributed by atoms with Gasteiger partial charge in [-0.1, -0.05) is 12.1 Å². The molecule has 37 heavy (non-hydrogen) atoms. The maximum Gasteiger partial charge on any atom is 0.261 e. The fourth-order valence-corrected chi connectivity index (χ4v) is 4.73. The third-order valence-corrected chi connectivity index (χ3v) is 7.30. The van der Waals surface area contributed by atoms with Crippen LogP contribution in [0.1, 0.15) is 22.8 Å². The number of anilines is 1. The third kappa shape index (κ3) is 5.07. The highest BCUT2D eigenvalue weighted by atomic mass is 32.2. The fourth-order valence-electron chi connectivity index (χ4n) is 3.67. The van der Waals surface area contributed by atoms with Gasteiger partial charge in [0, 0.05) is 29.9 Å². The Morgan fingerprint density at radius 3 is 2.30 bits per heavy atom. The number of aryl methyl sites for hydroxylation is 2. The minimum absolute atomic E-state index is 0.129. The number of oxazole rings is 1. The van der Waals surface area contributed by atoms with E-state index < -0.39 is 10.0 Å². The van der Waals surface area contributed by atoms with Crippen molar-refractivity contribution in [1.29, 1.82) is 0 Å². The van der Waals surface area contributed by atoms with Crippen LogP contribution >= 0.6 is 0 Å². The van der Waals surface area contributed by atoms with Crippen molar-refractivity contribution in [3.8, 4) is 28.7 Å². The molecular weight excluding hydrogens is 492 g/mol. The predicted molar refractivity (Wildman–Crippen MR) is 137 cm³/mol. The second kappa shape index (κ2) is 9.51. The minimum atomic E-state index is -3.79. The summed E-state index contributed by atoms with van der Waals surface area (Å²) in [5.41, 5.74) is 4.81. The van der Waals surface area contributed by atoms with Crippen molar-refractivity contribution >= 4 is 15.7 Å². The van der Waals surface area contributed by atoms with Crippen molar-refractivity contribution in [1.82, 2.24) is 24.7 Å². The molecule has 0 atom stereocenters. The summed E-state index contributed by atoms with van der Waals surface area (Å²) in [5, 5.41) is 4.52. The molecule has 3 aromatic heterocycles. The monoisotopic (exact) mass is 516 g/mol. The molecule has 1 N–H and O–H groups in total. The van der Waals surface area contributed by atoms with Gasteiger partial charge < -0.3 is 9.15 Å². The second-order valence-corrected chi connectivity index (χ2v) is 10.1. The van der Waals surface area contributed by atoms with Gasteiger partial charge in [-0.05, 0) is 62.7 Å². The van der Waals surface area contributed by atoms with Crippen molar-refractivity contribution in [2.24, 2.45) is 0 Å². The standard InChI is InChI=1S/C26H24N6O4S/c1-16-17(2)30-32(18(16)3)25-13-26(28-15-27-25)36-22-9-7-21(8-10-22)31-37(33,34)23-11-5-20(6-12-23)24-14-35-19(4)29-24/h5-15,31H,1-4H3.